The van der Waals surface area contributed by atoms with Gasteiger partial charge in [-0.15, -0.1) is 0 Å². The molecule has 0 saturated heterocycles. The summed E-state index contributed by atoms with van der Waals surface area (Å²) in [5.41, 5.74) is 0. The van der Waals surface area contributed by atoms with Gasteiger partial charge in [0.1, 0.15) is 5.78 Å². The number of carbonyl (C=O) groups excluding carboxylic acids is 1. The van der Waals surface area contributed by atoms with Gasteiger partial charge in [-0.05, 0) is 6.92 Å². The topological polar surface area (TPSA) is 55.4 Å². The van der Waals surface area contributed by atoms with E-state index in [-0.39, 0.29) is 6.61 Å². The van der Waals surface area contributed by atoms with Crippen molar-refractivity contribution in [3.05, 3.63) is 60.7 Å². The Balaban J connectivity index is 2.63. The molecule has 1 amide bonds. The van der Waals surface area contributed by atoms with Crippen LogP contribution in [0.3, 0.4) is 0 Å². The minimum absolute atomic E-state index is 0.138. The SMILES string of the molecule is CCOC(=O)N[C@@H](C(Cl)(Cl)Cl)P(=O)(c1ccccc1)c1ccccc1. The number of benzene rings is 2. The zero-order valence-electron chi connectivity index (χ0n) is 13.4. The van der Waals surface area contributed by atoms with Crippen LogP contribution in [0.5, 0.6) is 0 Å². The van der Waals surface area contributed by atoms with Crippen molar-refractivity contribution in [3.63, 3.8) is 0 Å². The molecule has 0 saturated carbocycles. The first kappa shape index (κ1) is 20.1. The van der Waals surface area contributed by atoms with Crippen molar-refractivity contribution < 1.29 is 14.1 Å². The van der Waals surface area contributed by atoms with Gasteiger partial charge in [0.15, 0.2) is 7.14 Å². The van der Waals surface area contributed by atoms with Gasteiger partial charge >= 0.3 is 6.09 Å². The van der Waals surface area contributed by atoms with E-state index in [1.54, 1.807) is 67.6 Å². The highest BCUT2D eigenvalue weighted by Crippen LogP contribution is 2.55. The average Bonchev–Trinajstić information content (AvgIpc) is 2.60. The molecule has 2 aromatic carbocycles. The Morgan fingerprint density at radius 3 is 1.84 bits per heavy atom. The van der Waals surface area contributed by atoms with Crippen LogP contribution in [0.25, 0.3) is 0 Å². The standard InChI is InChI=1S/C17H17Cl3NO3P/c1-2-24-16(22)21-15(17(18,19)20)25(23,13-9-5-3-6-10-13)14-11-7-4-8-12-14/h3-12,15H,2H2,1H3,(H,21,22)/t15-/m1/s1. The van der Waals surface area contributed by atoms with Crippen LogP contribution in [-0.2, 0) is 9.30 Å². The normalized spacial score (nSPS) is 13.1. The molecule has 2 aromatic rings. The van der Waals surface area contributed by atoms with Crippen molar-refractivity contribution >= 4 is 58.6 Å². The summed E-state index contributed by atoms with van der Waals surface area (Å²) in [7, 11) is -3.54. The average molecular weight is 421 g/mol. The molecule has 0 unspecified atom stereocenters. The summed E-state index contributed by atoms with van der Waals surface area (Å²) in [4.78, 5) is 12.0. The number of rotatable bonds is 5. The van der Waals surface area contributed by atoms with Crippen molar-refractivity contribution in [3.8, 4) is 0 Å². The van der Waals surface area contributed by atoms with E-state index >= 15 is 0 Å². The number of nitrogens with one attached hydrogen (secondary N) is 1. The fourth-order valence-corrected chi connectivity index (χ4v) is 6.63. The molecule has 0 aliphatic carbocycles. The quantitative estimate of drug-likeness (QED) is 0.574. The lowest BCUT2D eigenvalue weighted by atomic mass is 10.4. The van der Waals surface area contributed by atoms with Crippen molar-refractivity contribution in [2.24, 2.45) is 0 Å². The Hall–Kier alpha value is -1.19. The van der Waals surface area contributed by atoms with Crippen LogP contribution in [-0.4, -0.2) is 22.3 Å². The highest BCUT2D eigenvalue weighted by atomic mass is 35.6. The smallest absolute Gasteiger partial charge is 0.407 e. The molecule has 0 aliphatic heterocycles. The zero-order chi connectivity index (χ0) is 18.5. The van der Waals surface area contributed by atoms with Crippen LogP contribution in [0.1, 0.15) is 6.92 Å². The molecule has 0 radical (unpaired) electrons. The number of alkyl halides is 3. The first-order valence-electron chi connectivity index (χ1n) is 7.51. The molecule has 1 atom stereocenters. The Morgan fingerprint density at radius 1 is 1.04 bits per heavy atom. The van der Waals surface area contributed by atoms with Crippen LogP contribution >= 0.6 is 41.9 Å². The van der Waals surface area contributed by atoms with Crippen molar-refractivity contribution in [2.45, 2.75) is 16.5 Å². The van der Waals surface area contributed by atoms with Crippen LogP contribution in [0.15, 0.2) is 60.7 Å². The Labute approximate surface area is 161 Å². The van der Waals surface area contributed by atoms with Crippen molar-refractivity contribution in [1.29, 1.82) is 0 Å². The molecule has 0 aliphatic rings. The van der Waals surface area contributed by atoms with E-state index in [4.69, 9.17) is 39.5 Å². The predicted octanol–water partition coefficient (Wildman–Crippen LogP) is 4.44. The second-order valence-electron chi connectivity index (χ2n) is 5.14. The summed E-state index contributed by atoms with van der Waals surface area (Å²) < 4.78 is 17.0. The summed E-state index contributed by atoms with van der Waals surface area (Å²) in [5.74, 6) is -1.30. The molecule has 0 aromatic heterocycles. The Kier molecular flexibility index (Phi) is 6.81. The van der Waals surface area contributed by atoms with Crippen LogP contribution < -0.4 is 15.9 Å². The zero-order valence-corrected chi connectivity index (χ0v) is 16.5. The van der Waals surface area contributed by atoms with Gasteiger partial charge in [-0.25, -0.2) is 4.79 Å². The Bertz CT molecular complexity index is 707. The van der Waals surface area contributed by atoms with Crippen molar-refractivity contribution in [1.82, 2.24) is 5.32 Å². The molecule has 4 nitrogen and oxygen atoms in total. The number of ether oxygens (including phenoxy) is 1. The highest BCUT2D eigenvalue weighted by molar-refractivity contribution is 7.79. The fourth-order valence-electron chi connectivity index (χ4n) is 2.41. The molecule has 2 rings (SSSR count). The summed E-state index contributed by atoms with van der Waals surface area (Å²) in [6.45, 7) is 1.79. The molecule has 0 fully saturated rings. The van der Waals surface area contributed by atoms with E-state index in [0.717, 1.165) is 0 Å². The summed E-state index contributed by atoms with van der Waals surface area (Å²) >= 11 is 18.3. The maximum Gasteiger partial charge on any atom is 0.407 e. The first-order chi connectivity index (χ1) is 11.8. The van der Waals surface area contributed by atoms with Gasteiger partial charge in [-0.2, -0.15) is 0 Å². The molecule has 8 heteroatoms. The van der Waals surface area contributed by atoms with E-state index in [1.165, 1.54) is 0 Å². The van der Waals surface area contributed by atoms with Gasteiger partial charge in [0.2, 0.25) is 3.79 Å². The van der Waals surface area contributed by atoms with Crippen LogP contribution in [0.2, 0.25) is 0 Å². The third-order valence-electron chi connectivity index (χ3n) is 3.48. The van der Waals surface area contributed by atoms with Gasteiger partial charge < -0.3 is 14.6 Å². The summed E-state index contributed by atoms with van der Waals surface area (Å²) in [6, 6.07) is 17.3. The van der Waals surface area contributed by atoms with Crippen LogP contribution in [0, 0.1) is 0 Å². The van der Waals surface area contributed by atoms with Gasteiger partial charge in [0.05, 0.1) is 6.61 Å². The van der Waals surface area contributed by atoms with E-state index in [0.29, 0.717) is 10.6 Å². The monoisotopic (exact) mass is 419 g/mol. The van der Waals surface area contributed by atoms with Crippen LogP contribution in [0.4, 0.5) is 4.79 Å². The molecule has 0 spiro atoms. The van der Waals surface area contributed by atoms with E-state index in [9.17, 15) is 9.36 Å². The lowest BCUT2D eigenvalue weighted by Gasteiger charge is -2.33. The summed E-state index contributed by atoms with van der Waals surface area (Å²) in [6.07, 6.45) is -0.800. The molecule has 134 valence electrons. The highest BCUT2D eigenvalue weighted by Gasteiger charge is 2.49. The van der Waals surface area contributed by atoms with Crippen molar-refractivity contribution in [2.75, 3.05) is 6.61 Å². The molecule has 0 heterocycles. The Morgan fingerprint density at radius 2 is 1.48 bits per heavy atom. The van der Waals surface area contributed by atoms with Gasteiger partial charge in [0, 0.05) is 10.6 Å². The molecular formula is C17H17Cl3NO3P. The predicted molar refractivity (Wildman–Crippen MR) is 104 cm³/mol. The van der Waals surface area contributed by atoms with Gasteiger partial charge in [0.25, 0.3) is 0 Å². The van der Waals surface area contributed by atoms with E-state index < -0.39 is 22.8 Å². The number of alkyl carbamates (subject to hydrolysis) is 1. The van der Waals surface area contributed by atoms with Gasteiger partial charge in [-0.1, -0.05) is 95.5 Å². The molecular weight excluding hydrogens is 404 g/mol. The maximum absolute atomic E-state index is 14.2. The first-order valence-corrected chi connectivity index (χ1v) is 10.4. The number of carbonyl (C=O) groups is 1. The second kappa shape index (κ2) is 8.46. The van der Waals surface area contributed by atoms with Gasteiger partial charge in [-0.3, -0.25) is 0 Å². The number of hydrogen-bond donors (Lipinski definition) is 1. The summed E-state index contributed by atoms with van der Waals surface area (Å²) in [5, 5.41) is 3.41. The fraction of sp³-hybridized carbons (Fsp3) is 0.235. The third kappa shape index (κ3) is 4.71. The lowest BCUT2D eigenvalue weighted by molar-refractivity contribution is 0.151. The largest absolute Gasteiger partial charge is 0.450 e. The number of amides is 1. The van der Waals surface area contributed by atoms with E-state index in [1.807, 2.05) is 0 Å². The molecule has 1 N–H and O–H groups in total. The number of hydrogen-bond acceptors (Lipinski definition) is 3. The maximum atomic E-state index is 14.2. The molecule has 0 bridgehead atoms. The lowest BCUT2D eigenvalue weighted by Crippen LogP contribution is -2.47. The second-order valence-corrected chi connectivity index (χ2v) is 10.4. The minimum Gasteiger partial charge on any atom is -0.450 e. The minimum atomic E-state index is -3.54. The molecule has 25 heavy (non-hydrogen) atoms. The third-order valence-corrected chi connectivity index (χ3v) is 7.97. The van der Waals surface area contributed by atoms with E-state index in [2.05, 4.69) is 5.32 Å². The number of halogens is 3.